The summed E-state index contributed by atoms with van der Waals surface area (Å²) in [6.45, 7) is 9.00. The fourth-order valence-electron chi connectivity index (χ4n) is 3.16. The quantitative estimate of drug-likeness (QED) is 0.725. The first kappa shape index (κ1) is 23.8. The summed E-state index contributed by atoms with van der Waals surface area (Å²) in [5, 5.41) is 3.36. The van der Waals surface area contributed by atoms with Gasteiger partial charge in [-0.05, 0) is 23.1 Å². The van der Waals surface area contributed by atoms with Crippen molar-refractivity contribution in [2.45, 2.75) is 33.0 Å². The zero-order chi connectivity index (χ0) is 16.5. The molecule has 1 aliphatic rings. The zero-order valence-corrected chi connectivity index (χ0v) is 16.3. The van der Waals surface area contributed by atoms with Crippen molar-refractivity contribution in [3.63, 3.8) is 0 Å². The Kier molecular flexibility index (Phi) is 8.87. The highest BCUT2D eigenvalue weighted by atomic mass is 35.5. The lowest BCUT2D eigenvalue weighted by Crippen LogP contribution is -2.48. The molecule has 0 unspecified atom stereocenters. The van der Waals surface area contributed by atoms with Crippen molar-refractivity contribution in [1.29, 1.82) is 0 Å². The van der Waals surface area contributed by atoms with Crippen LogP contribution in [-0.4, -0.2) is 31.1 Å². The Hall–Kier alpha value is -0.200. The standard InChI is InChI=1S/C16H22ClF3N2.2ClH/c1-15(2,3)14(22-8-6-21-7-9-22)12-5-4-11(17)10-13(12)16(18,19)20;;/h4-5,10,14,21H,6-9H2,1-3H3;2*1H/t14-;;/m1../s1. The van der Waals surface area contributed by atoms with E-state index in [0.29, 0.717) is 5.56 Å². The number of halogens is 6. The van der Waals surface area contributed by atoms with E-state index in [0.717, 1.165) is 32.2 Å². The molecule has 1 aliphatic heterocycles. The van der Waals surface area contributed by atoms with Crippen molar-refractivity contribution in [2.24, 2.45) is 5.41 Å². The first-order valence-corrected chi connectivity index (χ1v) is 7.80. The van der Waals surface area contributed by atoms with E-state index in [1.165, 1.54) is 6.07 Å². The van der Waals surface area contributed by atoms with Gasteiger partial charge in [-0.25, -0.2) is 0 Å². The van der Waals surface area contributed by atoms with E-state index in [2.05, 4.69) is 10.2 Å². The minimum absolute atomic E-state index is 0. The molecule has 1 N–H and O–H groups in total. The van der Waals surface area contributed by atoms with E-state index in [1.807, 2.05) is 20.8 Å². The molecular formula is C16H24Cl3F3N2. The number of hydrogen-bond donors (Lipinski definition) is 1. The van der Waals surface area contributed by atoms with Gasteiger partial charge >= 0.3 is 6.18 Å². The monoisotopic (exact) mass is 406 g/mol. The minimum atomic E-state index is -4.40. The molecule has 1 aromatic carbocycles. The number of alkyl halides is 3. The smallest absolute Gasteiger partial charge is 0.314 e. The summed E-state index contributed by atoms with van der Waals surface area (Å²) in [5.74, 6) is 0. The molecule has 0 amide bonds. The Morgan fingerprint density at radius 3 is 2.08 bits per heavy atom. The maximum absolute atomic E-state index is 13.5. The van der Waals surface area contributed by atoms with Gasteiger partial charge in [0.25, 0.3) is 0 Å². The molecule has 0 aromatic heterocycles. The average molecular weight is 408 g/mol. The first-order chi connectivity index (χ1) is 10.1. The van der Waals surface area contributed by atoms with E-state index in [-0.39, 0.29) is 41.3 Å². The predicted molar refractivity (Wildman–Crippen MR) is 97.6 cm³/mol. The Morgan fingerprint density at radius 2 is 1.62 bits per heavy atom. The molecule has 0 saturated carbocycles. The molecular weight excluding hydrogens is 384 g/mol. The zero-order valence-electron chi connectivity index (χ0n) is 13.9. The highest BCUT2D eigenvalue weighted by Crippen LogP contribution is 2.44. The molecule has 1 heterocycles. The Bertz CT molecular complexity index is 524. The molecule has 140 valence electrons. The third-order valence-corrected chi connectivity index (χ3v) is 4.19. The SMILES string of the molecule is CC(C)(C)[C@@H](c1ccc(Cl)cc1C(F)(F)F)N1CCNCC1.Cl.Cl. The molecule has 1 aromatic rings. The van der Waals surface area contributed by atoms with Crippen molar-refractivity contribution in [3.05, 3.63) is 34.3 Å². The summed E-state index contributed by atoms with van der Waals surface area (Å²) in [5.41, 5.74) is -0.629. The molecule has 1 fully saturated rings. The van der Waals surface area contributed by atoms with Crippen LogP contribution >= 0.6 is 36.4 Å². The molecule has 2 rings (SSSR count). The van der Waals surface area contributed by atoms with Crippen LogP contribution in [0.25, 0.3) is 0 Å². The lowest BCUT2D eigenvalue weighted by Gasteiger charge is -2.43. The summed E-state index contributed by atoms with van der Waals surface area (Å²) in [6, 6.07) is 3.82. The third-order valence-electron chi connectivity index (χ3n) is 3.95. The van der Waals surface area contributed by atoms with Crippen molar-refractivity contribution < 1.29 is 13.2 Å². The average Bonchev–Trinajstić information content (AvgIpc) is 2.39. The van der Waals surface area contributed by atoms with Crippen LogP contribution in [0.4, 0.5) is 13.2 Å². The van der Waals surface area contributed by atoms with Gasteiger partial charge in [-0.2, -0.15) is 13.2 Å². The van der Waals surface area contributed by atoms with Gasteiger partial charge in [-0.15, -0.1) is 24.8 Å². The number of benzene rings is 1. The van der Waals surface area contributed by atoms with Gasteiger partial charge in [0, 0.05) is 37.2 Å². The molecule has 1 saturated heterocycles. The largest absolute Gasteiger partial charge is 0.416 e. The summed E-state index contributed by atoms with van der Waals surface area (Å²) < 4.78 is 40.4. The van der Waals surface area contributed by atoms with Crippen LogP contribution in [0.5, 0.6) is 0 Å². The van der Waals surface area contributed by atoms with Crippen LogP contribution < -0.4 is 5.32 Å². The Balaban J connectivity index is 0.00000264. The van der Waals surface area contributed by atoms with Gasteiger partial charge in [-0.3, -0.25) is 4.90 Å². The van der Waals surface area contributed by atoms with E-state index in [4.69, 9.17) is 11.6 Å². The molecule has 0 aliphatic carbocycles. The Labute approximate surface area is 158 Å². The van der Waals surface area contributed by atoms with Crippen molar-refractivity contribution in [3.8, 4) is 0 Å². The Morgan fingerprint density at radius 1 is 1.08 bits per heavy atom. The second-order valence-corrected chi connectivity index (χ2v) is 7.22. The number of hydrogen-bond acceptors (Lipinski definition) is 2. The van der Waals surface area contributed by atoms with E-state index in [1.54, 1.807) is 6.07 Å². The first-order valence-electron chi connectivity index (χ1n) is 7.42. The maximum atomic E-state index is 13.5. The van der Waals surface area contributed by atoms with Gasteiger partial charge in [0.2, 0.25) is 0 Å². The molecule has 0 spiro atoms. The highest BCUT2D eigenvalue weighted by Gasteiger charge is 2.40. The van der Waals surface area contributed by atoms with Crippen molar-refractivity contribution in [2.75, 3.05) is 26.2 Å². The third kappa shape index (κ3) is 5.67. The van der Waals surface area contributed by atoms with Gasteiger partial charge in [0.05, 0.1) is 5.56 Å². The predicted octanol–water partition coefficient (Wildman–Crippen LogP) is 5.19. The normalized spacial score (nSPS) is 17.6. The van der Waals surface area contributed by atoms with Gasteiger partial charge in [-0.1, -0.05) is 38.4 Å². The fraction of sp³-hybridized carbons (Fsp3) is 0.625. The number of rotatable bonds is 2. The molecule has 0 radical (unpaired) electrons. The molecule has 0 bridgehead atoms. The van der Waals surface area contributed by atoms with Crippen LogP contribution in [0.15, 0.2) is 18.2 Å². The minimum Gasteiger partial charge on any atom is -0.314 e. The van der Waals surface area contributed by atoms with Gasteiger partial charge in [0.15, 0.2) is 0 Å². The highest BCUT2D eigenvalue weighted by molar-refractivity contribution is 6.30. The van der Waals surface area contributed by atoms with Crippen LogP contribution in [0.3, 0.4) is 0 Å². The summed E-state index contributed by atoms with van der Waals surface area (Å²) in [7, 11) is 0. The number of nitrogens with one attached hydrogen (secondary N) is 1. The van der Waals surface area contributed by atoms with E-state index >= 15 is 0 Å². The lowest BCUT2D eigenvalue weighted by molar-refractivity contribution is -0.139. The molecule has 2 nitrogen and oxygen atoms in total. The van der Waals surface area contributed by atoms with E-state index < -0.39 is 11.7 Å². The van der Waals surface area contributed by atoms with Crippen LogP contribution in [0, 0.1) is 5.41 Å². The summed E-state index contributed by atoms with van der Waals surface area (Å²) >= 11 is 5.80. The van der Waals surface area contributed by atoms with Gasteiger partial charge < -0.3 is 5.32 Å². The van der Waals surface area contributed by atoms with E-state index in [9.17, 15) is 13.2 Å². The second kappa shape index (κ2) is 8.95. The molecule has 24 heavy (non-hydrogen) atoms. The van der Waals surface area contributed by atoms with Gasteiger partial charge in [0.1, 0.15) is 0 Å². The topological polar surface area (TPSA) is 15.3 Å². The second-order valence-electron chi connectivity index (χ2n) is 6.78. The van der Waals surface area contributed by atoms with Crippen LogP contribution in [0.2, 0.25) is 5.02 Å². The molecule has 8 heteroatoms. The van der Waals surface area contributed by atoms with Crippen LogP contribution in [-0.2, 0) is 6.18 Å². The molecule has 1 atom stereocenters. The summed E-state index contributed by atoms with van der Waals surface area (Å²) in [6.07, 6.45) is -4.40. The van der Waals surface area contributed by atoms with Crippen LogP contribution in [0.1, 0.15) is 37.9 Å². The summed E-state index contributed by atoms with van der Waals surface area (Å²) in [4.78, 5) is 2.13. The maximum Gasteiger partial charge on any atom is 0.416 e. The number of nitrogens with zero attached hydrogens (tertiary/aromatic N) is 1. The number of piperazine rings is 1. The van der Waals surface area contributed by atoms with Crippen molar-refractivity contribution >= 4 is 36.4 Å². The fourth-order valence-corrected chi connectivity index (χ4v) is 3.34. The van der Waals surface area contributed by atoms with Crippen molar-refractivity contribution in [1.82, 2.24) is 10.2 Å². The lowest BCUT2D eigenvalue weighted by atomic mass is 9.79.